The molecule has 104 valence electrons. The van der Waals surface area contributed by atoms with Crippen molar-refractivity contribution >= 4 is 5.69 Å². The summed E-state index contributed by atoms with van der Waals surface area (Å²) in [5.41, 5.74) is 10.2. The third-order valence-electron chi connectivity index (χ3n) is 3.93. The van der Waals surface area contributed by atoms with Gasteiger partial charge in [0, 0.05) is 5.69 Å². The Bertz CT molecular complexity index is 573. The maximum atomic E-state index is 5.98. The Kier molecular flexibility index (Phi) is 4.03. The van der Waals surface area contributed by atoms with Crippen molar-refractivity contribution in [3.8, 4) is 11.1 Å². The van der Waals surface area contributed by atoms with Crippen molar-refractivity contribution in [3.05, 3.63) is 54.1 Å². The average molecular weight is 267 g/mol. The summed E-state index contributed by atoms with van der Waals surface area (Å²) in [6.07, 6.45) is 5.53. The van der Waals surface area contributed by atoms with E-state index in [2.05, 4.69) is 30.3 Å². The van der Waals surface area contributed by atoms with Gasteiger partial charge in [0.1, 0.15) is 0 Å². The second-order valence-corrected chi connectivity index (χ2v) is 5.54. The molecule has 0 spiro atoms. The van der Waals surface area contributed by atoms with Gasteiger partial charge in [-0.25, -0.2) is 0 Å². The summed E-state index contributed by atoms with van der Waals surface area (Å²) in [7, 11) is 0. The van der Waals surface area contributed by atoms with Crippen molar-refractivity contribution in [1.82, 2.24) is 0 Å². The highest BCUT2D eigenvalue weighted by Crippen LogP contribution is 2.25. The molecule has 0 aliphatic heterocycles. The van der Waals surface area contributed by atoms with Crippen LogP contribution < -0.4 is 5.73 Å². The lowest BCUT2D eigenvalue weighted by atomic mass is 10.0. The van der Waals surface area contributed by atoms with Crippen molar-refractivity contribution in [1.29, 1.82) is 0 Å². The second kappa shape index (κ2) is 6.10. The fourth-order valence-electron chi connectivity index (χ4n) is 2.83. The maximum absolute atomic E-state index is 5.98. The van der Waals surface area contributed by atoms with E-state index in [0.29, 0.717) is 12.7 Å². The van der Waals surface area contributed by atoms with Crippen molar-refractivity contribution < 1.29 is 4.74 Å². The zero-order valence-corrected chi connectivity index (χ0v) is 11.7. The van der Waals surface area contributed by atoms with Crippen LogP contribution in [0.4, 0.5) is 5.69 Å². The molecule has 1 aliphatic carbocycles. The molecule has 20 heavy (non-hydrogen) atoms. The molecule has 2 heteroatoms. The lowest BCUT2D eigenvalue weighted by Crippen LogP contribution is -2.07. The molecule has 0 radical (unpaired) electrons. The van der Waals surface area contributed by atoms with Crippen LogP contribution in [0.25, 0.3) is 11.1 Å². The smallest absolute Gasteiger partial charge is 0.0720 e. The van der Waals surface area contributed by atoms with Crippen LogP contribution in [0.2, 0.25) is 0 Å². The molecule has 0 heterocycles. The van der Waals surface area contributed by atoms with Crippen LogP contribution in [0, 0.1) is 0 Å². The van der Waals surface area contributed by atoms with Gasteiger partial charge in [-0.15, -0.1) is 0 Å². The van der Waals surface area contributed by atoms with Gasteiger partial charge in [0.05, 0.1) is 12.7 Å². The highest BCUT2D eigenvalue weighted by molar-refractivity contribution is 5.67. The Hall–Kier alpha value is -1.80. The number of hydrogen-bond acceptors (Lipinski definition) is 2. The molecule has 1 fully saturated rings. The number of hydrogen-bond donors (Lipinski definition) is 1. The molecule has 2 nitrogen and oxygen atoms in total. The third-order valence-corrected chi connectivity index (χ3v) is 3.93. The van der Waals surface area contributed by atoms with Gasteiger partial charge < -0.3 is 10.5 Å². The summed E-state index contributed by atoms with van der Waals surface area (Å²) in [6.45, 7) is 0.709. The number of nitrogen functional groups attached to an aromatic ring is 1. The van der Waals surface area contributed by atoms with Crippen molar-refractivity contribution in [2.24, 2.45) is 0 Å². The minimum Gasteiger partial charge on any atom is -0.399 e. The van der Waals surface area contributed by atoms with Gasteiger partial charge >= 0.3 is 0 Å². The van der Waals surface area contributed by atoms with Crippen molar-refractivity contribution in [3.63, 3.8) is 0 Å². The van der Waals surface area contributed by atoms with E-state index in [4.69, 9.17) is 10.5 Å². The van der Waals surface area contributed by atoms with E-state index in [9.17, 15) is 0 Å². The highest BCUT2D eigenvalue weighted by atomic mass is 16.5. The van der Waals surface area contributed by atoms with Gasteiger partial charge in [-0.2, -0.15) is 0 Å². The van der Waals surface area contributed by atoms with Crippen LogP contribution in [0.5, 0.6) is 0 Å². The minimum absolute atomic E-state index is 0.464. The number of nitrogens with two attached hydrogens (primary N) is 1. The number of anilines is 1. The predicted octanol–water partition coefficient (Wildman–Crippen LogP) is 4.40. The first-order chi connectivity index (χ1) is 9.81. The summed E-state index contributed by atoms with van der Waals surface area (Å²) >= 11 is 0. The SMILES string of the molecule is Nc1cccc(-c2cccc(COC3CCCC3)c2)c1. The Morgan fingerprint density at radius 3 is 2.40 bits per heavy atom. The lowest BCUT2D eigenvalue weighted by Gasteiger charge is -2.12. The zero-order chi connectivity index (χ0) is 13.8. The normalized spacial score (nSPS) is 15.6. The standard InChI is InChI=1S/C18H21NO/c19-17-8-4-7-16(12-17)15-6-3-5-14(11-15)13-20-18-9-1-2-10-18/h3-8,11-12,18H,1-2,9-10,13,19H2. The third kappa shape index (κ3) is 3.20. The number of rotatable bonds is 4. The monoisotopic (exact) mass is 267 g/mol. The van der Waals surface area contributed by atoms with Gasteiger partial charge in [0.15, 0.2) is 0 Å². The summed E-state index contributed by atoms with van der Waals surface area (Å²) in [5.74, 6) is 0. The largest absolute Gasteiger partial charge is 0.399 e. The average Bonchev–Trinajstić information content (AvgIpc) is 2.99. The minimum atomic E-state index is 0.464. The fourth-order valence-corrected chi connectivity index (χ4v) is 2.83. The molecule has 0 amide bonds. The van der Waals surface area contributed by atoms with Crippen LogP contribution in [-0.2, 0) is 11.3 Å². The Morgan fingerprint density at radius 1 is 0.950 bits per heavy atom. The van der Waals surface area contributed by atoms with Gasteiger partial charge in [-0.3, -0.25) is 0 Å². The number of benzene rings is 2. The van der Waals surface area contributed by atoms with Gasteiger partial charge in [-0.05, 0) is 47.7 Å². The molecule has 3 rings (SSSR count). The van der Waals surface area contributed by atoms with Crippen LogP contribution >= 0.6 is 0 Å². The van der Waals surface area contributed by atoms with Crippen molar-refractivity contribution in [2.75, 3.05) is 5.73 Å². The van der Waals surface area contributed by atoms with E-state index in [1.807, 2.05) is 18.2 Å². The molecule has 0 bridgehead atoms. The fraction of sp³-hybridized carbons (Fsp3) is 0.333. The predicted molar refractivity (Wildman–Crippen MR) is 83.3 cm³/mol. The van der Waals surface area contributed by atoms with Crippen LogP contribution in [0.15, 0.2) is 48.5 Å². The molecule has 0 unspecified atom stereocenters. The number of ether oxygens (including phenoxy) is 1. The van der Waals surface area contributed by atoms with Crippen molar-refractivity contribution in [2.45, 2.75) is 38.4 Å². The highest BCUT2D eigenvalue weighted by Gasteiger charge is 2.15. The van der Waals surface area contributed by atoms with E-state index < -0.39 is 0 Å². The molecule has 2 aromatic carbocycles. The van der Waals surface area contributed by atoms with Gasteiger partial charge in [-0.1, -0.05) is 43.2 Å². The molecule has 1 saturated carbocycles. The maximum Gasteiger partial charge on any atom is 0.0720 e. The van der Waals surface area contributed by atoms with Crippen LogP contribution in [0.3, 0.4) is 0 Å². The summed E-state index contributed by atoms with van der Waals surface area (Å²) in [4.78, 5) is 0. The van der Waals surface area contributed by atoms with E-state index in [-0.39, 0.29) is 0 Å². The molecule has 2 N–H and O–H groups in total. The Morgan fingerprint density at radius 2 is 1.65 bits per heavy atom. The topological polar surface area (TPSA) is 35.2 Å². The van der Waals surface area contributed by atoms with Crippen LogP contribution in [0.1, 0.15) is 31.2 Å². The van der Waals surface area contributed by atoms with E-state index >= 15 is 0 Å². The first kappa shape index (κ1) is 13.2. The summed E-state index contributed by atoms with van der Waals surface area (Å²) in [6, 6.07) is 16.5. The van der Waals surface area contributed by atoms with E-state index in [1.165, 1.54) is 36.8 Å². The summed E-state index contributed by atoms with van der Waals surface area (Å²) < 4.78 is 5.98. The molecular formula is C18H21NO. The van der Waals surface area contributed by atoms with Gasteiger partial charge in [0.2, 0.25) is 0 Å². The molecule has 0 aromatic heterocycles. The second-order valence-electron chi connectivity index (χ2n) is 5.54. The molecule has 0 saturated heterocycles. The zero-order valence-electron chi connectivity index (χ0n) is 11.7. The Balaban J connectivity index is 1.72. The first-order valence-corrected chi connectivity index (χ1v) is 7.38. The molecule has 2 aromatic rings. The molecule has 1 aliphatic rings. The van der Waals surface area contributed by atoms with E-state index in [1.54, 1.807) is 0 Å². The van der Waals surface area contributed by atoms with Crippen LogP contribution in [-0.4, -0.2) is 6.10 Å². The summed E-state index contributed by atoms with van der Waals surface area (Å²) in [5, 5.41) is 0. The quantitative estimate of drug-likeness (QED) is 0.833. The lowest BCUT2D eigenvalue weighted by molar-refractivity contribution is 0.0457. The Labute approximate surface area is 120 Å². The van der Waals surface area contributed by atoms with Gasteiger partial charge in [0.25, 0.3) is 0 Å². The first-order valence-electron chi connectivity index (χ1n) is 7.38. The van der Waals surface area contributed by atoms with E-state index in [0.717, 1.165) is 11.3 Å². The molecule has 0 atom stereocenters. The molecular weight excluding hydrogens is 246 g/mol.